The molecule has 3 rings (SSSR count). The third-order valence-electron chi connectivity index (χ3n) is 4.86. The van der Waals surface area contributed by atoms with Crippen molar-refractivity contribution >= 4 is 11.6 Å². The van der Waals surface area contributed by atoms with Crippen molar-refractivity contribution < 1.29 is 13.5 Å². The van der Waals surface area contributed by atoms with Crippen molar-refractivity contribution in [3.63, 3.8) is 0 Å². The zero-order chi connectivity index (χ0) is 17.6. The molecule has 0 radical (unpaired) electrons. The number of aliphatic imine (C=N–C) groups is 1. The van der Waals surface area contributed by atoms with Gasteiger partial charge in [0, 0.05) is 51.6 Å². The summed E-state index contributed by atoms with van der Waals surface area (Å²) in [6, 6.07) is 4.09. The van der Waals surface area contributed by atoms with Crippen molar-refractivity contribution in [1.29, 1.82) is 0 Å². The summed E-state index contributed by atoms with van der Waals surface area (Å²) in [5.41, 5.74) is 0.738. The van der Waals surface area contributed by atoms with Crippen LogP contribution in [-0.2, 0) is 4.74 Å². The molecule has 138 valence electrons. The number of halogens is 2. The van der Waals surface area contributed by atoms with Crippen molar-refractivity contribution in [2.75, 3.05) is 44.7 Å². The molecule has 2 aliphatic heterocycles. The van der Waals surface area contributed by atoms with E-state index in [1.807, 2.05) is 0 Å². The van der Waals surface area contributed by atoms with Crippen LogP contribution in [0.4, 0.5) is 14.5 Å². The van der Waals surface area contributed by atoms with Crippen LogP contribution >= 0.6 is 0 Å². The lowest BCUT2D eigenvalue weighted by Crippen LogP contribution is -2.43. The fourth-order valence-electron chi connectivity index (χ4n) is 3.39. The van der Waals surface area contributed by atoms with Crippen LogP contribution in [0.1, 0.15) is 19.3 Å². The largest absolute Gasteiger partial charge is 0.376 e. The van der Waals surface area contributed by atoms with Crippen molar-refractivity contribution in [1.82, 2.24) is 10.6 Å². The predicted molar refractivity (Wildman–Crippen MR) is 95.0 cm³/mol. The number of hydrogen-bond donors (Lipinski definition) is 2. The fraction of sp³-hybridized carbons (Fsp3) is 0.611. The summed E-state index contributed by atoms with van der Waals surface area (Å²) >= 11 is 0. The van der Waals surface area contributed by atoms with Crippen LogP contribution in [0.25, 0.3) is 0 Å². The molecule has 25 heavy (non-hydrogen) atoms. The van der Waals surface area contributed by atoms with E-state index in [9.17, 15) is 8.78 Å². The fourth-order valence-corrected chi connectivity index (χ4v) is 3.39. The van der Waals surface area contributed by atoms with Crippen LogP contribution in [0, 0.1) is 17.6 Å². The van der Waals surface area contributed by atoms with E-state index in [-0.39, 0.29) is 6.10 Å². The third-order valence-corrected chi connectivity index (χ3v) is 4.86. The van der Waals surface area contributed by atoms with Crippen LogP contribution in [0.15, 0.2) is 23.2 Å². The number of nitrogens with zero attached hydrogens (tertiary/aromatic N) is 2. The molecular weight excluding hydrogens is 326 g/mol. The molecular formula is C18H26F2N4O. The van der Waals surface area contributed by atoms with Gasteiger partial charge in [-0.05, 0) is 37.3 Å². The first-order chi connectivity index (χ1) is 12.2. The van der Waals surface area contributed by atoms with Crippen LogP contribution in [0.3, 0.4) is 0 Å². The van der Waals surface area contributed by atoms with Crippen molar-refractivity contribution in [2.45, 2.75) is 25.4 Å². The summed E-state index contributed by atoms with van der Waals surface area (Å²) in [5.74, 6) is -0.378. The molecule has 0 amide bonds. The van der Waals surface area contributed by atoms with Gasteiger partial charge in [0.25, 0.3) is 0 Å². The lowest BCUT2D eigenvalue weighted by molar-refractivity contribution is 0.114. The van der Waals surface area contributed by atoms with Gasteiger partial charge in [0.2, 0.25) is 0 Å². The first-order valence-corrected chi connectivity index (χ1v) is 8.92. The van der Waals surface area contributed by atoms with Gasteiger partial charge >= 0.3 is 0 Å². The van der Waals surface area contributed by atoms with Crippen molar-refractivity contribution in [3.05, 3.63) is 29.8 Å². The maximum atomic E-state index is 13.4. The minimum Gasteiger partial charge on any atom is -0.376 e. The molecule has 1 aromatic rings. The Balaban J connectivity index is 1.43. The summed E-state index contributed by atoms with van der Waals surface area (Å²) in [4.78, 5) is 6.34. The van der Waals surface area contributed by atoms with E-state index in [1.165, 1.54) is 12.1 Å². The average molecular weight is 352 g/mol. The Kier molecular flexibility index (Phi) is 6.07. The highest BCUT2D eigenvalue weighted by molar-refractivity contribution is 5.79. The van der Waals surface area contributed by atoms with Gasteiger partial charge in [-0.15, -0.1) is 0 Å². The molecule has 1 aromatic carbocycles. The highest BCUT2D eigenvalue weighted by atomic mass is 19.2. The highest BCUT2D eigenvalue weighted by Crippen LogP contribution is 2.25. The topological polar surface area (TPSA) is 48.9 Å². The second-order valence-electron chi connectivity index (χ2n) is 6.67. The average Bonchev–Trinajstić information content (AvgIpc) is 3.29. The number of benzene rings is 1. The molecule has 2 atom stereocenters. The minimum absolute atomic E-state index is 0.272. The third kappa shape index (κ3) is 4.81. The Hall–Kier alpha value is -1.89. The van der Waals surface area contributed by atoms with Gasteiger partial charge in [0.05, 0.1) is 6.10 Å². The van der Waals surface area contributed by atoms with Gasteiger partial charge in [-0.3, -0.25) is 4.99 Å². The quantitative estimate of drug-likeness (QED) is 0.630. The van der Waals surface area contributed by atoms with E-state index in [2.05, 4.69) is 20.5 Å². The predicted octanol–water partition coefficient (Wildman–Crippen LogP) is 2.14. The molecule has 2 unspecified atom stereocenters. The van der Waals surface area contributed by atoms with E-state index >= 15 is 0 Å². The summed E-state index contributed by atoms with van der Waals surface area (Å²) in [5, 5.41) is 6.65. The molecule has 2 N–H and O–H groups in total. The van der Waals surface area contributed by atoms with Gasteiger partial charge in [-0.25, -0.2) is 8.78 Å². The van der Waals surface area contributed by atoms with E-state index in [0.29, 0.717) is 5.92 Å². The standard InChI is InChI=1S/C18H26F2N4O/c1-21-18(23-11-15-3-2-8-25-15)22-10-13-6-7-24(12-13)14-4-5-16(19)17(20)9-14/h4-5,9,13,15H,2-3,6-8,10-12H2,1H3,(H2,21,22,23). The second kappa shape index (κ2) is 8.47. The van der Waals surface area contributed by atoms with Crippen LogP contribution < -0.4 is 15.5 Å². The van der Waals surface area contributed by atoms with Gasteiger partial charge in [0.1, 0.15) is 0 Å². The lowest BCUT2D eigenvalue weighted by Gasteiger charge is -2.20. The maximum Gasteiger partial charge on any atom is 0.191 e. The monoisotopic (exact) mass is 352 g/mol. The number of guanidine groups is 1. The van der Waals surface area contributed by atoms with Crippen molar-refractivity contribution in [3.8, 4) is 0 Å². The van der Waals surface area contributed by atoms with Gasteiger partial charge < -0.3 is 20.3 Å². The normalized spacial score (nSPS) is 24.0. The first-order valence-electron chi connectivity index (χ1n) is 8.92. The zero-order valence-corrected chi connectivity index (χ0v) is 14.6. The smallest absolute Gasteiger partial charge is 0.191 e. The highest BCUT2D eigenvalue weighted by Gasteiger charge is 2.23. The molecule has 2 fully saturated rings. The summed E-state index contributed by atoms with van der Waals surface area (Å²) in [6.45, 7) is 4.08. The Labute approximate surface area is 147 Å². The molecule has 2 saturated heterocycles. The van der Waals surface area contributed by atoms with Crippen LogP contribution in [-0.4, -0.2) is 51.9 Å². The van der Waals surface area contributed by atoms with Gasteiger partial charge in [-0.1, -0.05) is 0 Å². The Morgan fingerprint density at radius 2 is 2.08 bits per heavy atom. The van der Waals surface area contributed by atoms with Crippen molar-refractivity contribution in [2.24, 2.45) is 10.9 Å². The zero-order valence-electron chi connectivity index (χ0n) is 14.6. The van der Waals surface area contributed by atoms with Gasteiger partial charge in [-0.2, -0.15) is 0 Å². The minimum atomic E-state index is -0.803. The first kappa shape index (κ1) is 17.9. The van der Waals surface area contributed by atoms with E-state index in [1.54, 1.807) is 13.1 Å². The molecule has 0 bridgehead atoms. The molecule has 2 heterocycles. The number of anilines is 1. The summed E-state index contributed by atoms with van der Waals surface area (Å²) in [7, 11) is 1.76. The lowest BCUT2D eigenvalue weighted by atomic mass is 10.1. The summed E-state index contributed by atoms with van der Waals surface area (Å²) in [6.07, 6.45) is 3.50. The van der Waals surface area contributed by atoms with Crippen LogP contribution in [0.5, 0.6) is 0 Å². The number of hydrogen-bond acceptors (Lipinski definition) is 3. The molecule has 0 aliphatic carbocycles. The van der Waals surface area contributed by atoms with E-state index in [4.69, 9.17) is 4.74 Å². The second-order valence-corrected chi connectivity index (χ2v) is 6.67. The van der Waals surface area contributed by atoms with E-state index in [0.717, 1.165) is 63.7 Å². The molecule has 7 heteroatoms. The Bertz CT molecular complexity index is 605. The molecule has 0 saturated carbocycles. The van der Waals surface area contributed by atoms with Gasteiger partial charge in [0.15, 0.2) is 17.6 Å². The maximum absolute atomic E-state index is 13.4. The number of ether oxygens (including phenoxy) is 1. The Morgan fingerprint density at radius 1 is 1.24 bits per heavy atom. The molecule has 5 nitrogen and oxygen atoms in total. The molecule has 2 aliphatic rings. The number of rotatable bonds is 5. The molecule has 0 aromatic heterocycles. The SMILES string of the molecule is CN=C(NCC1CCN(c2ccc(F)c(F)c2)C1)NCC1CCCO1. The Morgan fingerprint density at radius 3 is 2.80 bits per heavy atom. The molecule has 0 spiro atoms. The summed E-state index contributed by atoms with van der Waals surface area (Å²) < 4.78 is 32.1. The van der Waals surface area contributed by atoms with E-state index < -0.39 is 11.6 Å². The number of nitrogens with one attached hydrogen (secondary N) is 2. The van der Waals surface area contributed by atoms with Crippen LogP contribution in [0.2, 0.25) is 0 Å².